The predicted octanol–water partition coefficient (Wildman–Crippen LogP) is 4.21. The molecule has 120 valence electrons. The van der Waals surface area contributed by atoms with Gasteiger partial charge >= 0.3 is 12.1 Å². The fourth-order valence-corrected chi connectivity index (χ4v) is 3.89. The first-order valence-corrected chi connectivity index (χ1v) is 9.98. The second-order valence-electron chi connectivity index (χ2n) is 5.87. The number of rotatable bonds is 3. The first kappa shape index (κ1) is 18.0. The van der Waals surface area contributed by atoms with Crippen molar-refractivity contribution in [2.45, 2.75) is 45.5 Å². The lowest BCUT2D eigenvalue weighted by Gasteiger charge is -2.23. The van der Waals surface area contributed by atoms with Crippen molar-refractivity contribution in [2.75, 3.05) is 7.11 Å². The molecular weight excluding hydrogens is 321 g/mol. The van der Waals surface area contributed by atoms with Gasteiger partial charge in [0.2, 0.25) is 9.04 Å². The number of hydrogen-bond acceptors (Lipinski definition) is 4. The van der Waals surface area contributed by atoms with E-state index in [1.54, 1.807) is 33.9 Å². The summed E-state index contributed by atoms with van der Waals surface area (Å²) in [7, 11) is -0.617. The summed E-state index contributed by atoms with van der Waals surface area (Å²) in [4.78, 5) is 10.9. The minimum absolute atomic E-state index is 0.0398. The molecule has 1 heterocycles. The summed E-state index contributed by atoms with van der Waals surface area (Å²) in [6.45, 7) is 8.80. The molecule has 1 aromatic rings. The summed E-state index contributed by atoms with van der Waals surface area (Å²) in [5, 5.41) is 0. The Morgan fingerprint density at radius 1 is 1.19 bits per heavy atom. The van der Waals surface area contributed by atoms with Crippen LogP contribution < -0.4 is 4.43 Å². The van der Waals surface area contributed by atoms with Crippen LogP contribution in [-0.2, 0) is 16.3 Å². The third kappa shape index (κ3) is 4.00. The second kappa shape index (κ2) is 6.00. The fraction of sp³-hybridized carbons (Fsp3) is 0.615. The molecule has 1 aromatic heterocycles. The molecule has 8 heteroatoms. The van der Waals surface area contributed by atoms with Crippen LogP contribution in [0.5, 0.6) is 5.75 Å². The summed E-state index contributed by atoms with van der Waals surface area (Å²) in [6, 6.07) is 0. The summed E-state index contributed by atoms with van der Waals surface area (Å²) in [5.41, 5.74) is -0.393. The molecule has 0 aromatic carbocycles. The lowest BCUT2D eigenvalue weighted by Crippen LogP contribution is -2.21. The molecule has 0 N–H and O–H groups in total. The van der Waals surface area contributed by atoms with Crippen LogP contribution in [0, 0.1) is 0 Å². The summed E-state index contributed by atoms with van der Waals surface area (Å²) in [5.74, 6) is -0.974. The molecule has 0 saturated heterocycles. The minimum Gasteiger partial charge on any atom is -0.546 e. The Kier molecular flexibility index (Phi) is 5.15. The Bertz CT molecular complexity index is 530. The molecule has 0 aliphatic carbocycles. The van der Waals surface area contributed by atoms with Gasteiger partial charge in [0, 0.05) is 5.56 Å². The van der Waals surface area contributed by atoms with E-state index in [9.17, 15) is 18.0 Å². The number of halogens is 3. The van der Waals surface area contributed by atoms with Crippen LogP contribution in [0.4, 0.5) is 13.2 Å². The zero-order valence-electron chi connectivity index (χ0n) is 12.8. The zero-order valence-corrected chi connectivity index (χ0v) is 14.8. The van der Waals surface area contributed by atoms with E-state index in [-0.39, 0.29) is 16.2 Å². The molecule has 0 atom stereocenters. The highest BCUT2D eigenvalue weighted by atomic mass is 32.1. The van der Waals surface area contributed by atoms with Gasteiger partial charge < -0.3 is 9.16 Å². The van der Waals surface area contributed by atoms with E-state index in [0.29, 0.717) is 11.3 Å². The van der Waals surface area contributed by atoms with Crippen molar-refractivity contribution in [3.63, 3.8) is 0 Å². The highest BCUT2D eigenvalue weighted by molar-refractivity contribution is 7.14. The molecule has 0 aliphatic rings. The first-order chi connectivity index (χ1) is 9.39. The molecule has 0 spiro atoms. The Morgan fingerprint density at radius 2 is 1.71 bits per heavy atom. The fourth-order valence-electron chi connectivity index (χ4n) is 1.87. The summed E-state index contributed by atoms with van der Waals surface area (Å²) < 4.78 is 49.9. The second-order valence-corrected chi connectivity index (χ2v) is 9.22. The molecule has 21 heavy (non-hydrogen) atoms. The van der Waals surface area contributed by atoms with Crippen molar-refractivity contribution in [2.24, 2.45) is 0 Å². The van der Waals surface area contributed by atoms with E-state index in [1.807, 2.05) is 0 Å². The quantitative estimate of drug-likeness (QED) is 0.611. The third-order valence-corrected chi connectivity index (χ3v) is 4.50. The lowest BCUT2D eigenvalue weighted by atomic mass is 9.86. The van der Waals surface area contributed by atoms with Gasteiger partial charge in [0.25, 0.3) is 0 Å². The number of thiophene rings is 1. The van der Waals surface area contributed by atoms with Gasteiger partial charge in [0.15, 0.2) is 0 Å². The molecule has 0 bridgehead atoms. The number of carbonyl (C=O) groups is 1. The largest absolute Gasteiger partial charge is 0.546 e. The van der Waals surface area contributed by atoms with Crippen LogP contribution in [0.1, 0.15) is 40.9 Å². The molecule has 3 nitrogen and oxygen atoms in total. The van der Waals surface area contributed by atoms with E-state index in [4.69, 9.17) is 4.43 Å². The molecule has 0 unspecified atom stereocenters. The van der Waals surface area contributed by atoms with Gasteiger partial charge in [-0.2, -0.15) is 13.2 Å². The third-order valence-electron chi connectivity index (χ3n) is 2.60. The number of alkyl halides is 3. The van der Waals surface area contributed by atoms with Crippen LogP contribution in [0.2, 0.25) is 13.1 Å². The molecule has 0 saturated carbocycles. The Hall–Kier alpha value is -1.02. The number of esters is 1. The Morgan fingerprint density at radius 3 is 2.05 bits per heavy atom. The maximum absolute atomic E-state index is 13.2. The Labute approximate surface area is 127 Å². The maximum atomic E-state index is 13.2. The highest BCUT2D eigenvalue weighted by Crippen LogP contribution is 2.49. The van der Waals surface area contributed by atoms with Crippen LogP contribution in [-0.4, -0.2) is 22.1 Å². The van der Waals surface area contributed by atoms with Crippen molar-refractivity contribution in [3.05, 3.63) is 15.3 Å². The summed E-state index contributed by atoms with van der Waals surface area (Å²) in [6.07, 6.45) is -4.56. The molecule has 1 rings (SSSR count). The molecule has 0 radical (unpaired) electrons. The van der Waals surface area contributed by atoms with Crippen molar-refractivity contribution in [3.8, 4) is 5.75 Å². The van der Waals surface area contributed by atoms with Gasteiger partial charge in [0.1, 0.15) is 15.5 Å². The van der Waals surface area contributed by atoms with E-state index in [1.165, 1.54) is 0 Å². The molecule has 0 aliphatic heterocycles. The van der Waals surface area contributed by atoms with Crippen molar-refractivity contribution in [1.29, 1.82) is 0 Å². The zero-order chi connectivity index (χ0) is 16.6. The first-order valence-electron chi connectivity index (χ1n) is 6.39. The van der Waals surface area contributed by atoms with Gasteiger partial charge in [0.05, 0.1) is 7.11 Å². The van der Waals surface area contributed by atoms with Crippen LogP contribution in [0.25, 0.3) is 0 Å². The SMILES string of the molecule is COC(=O)c1sc(C(F)(F)F)c(O[SiH](C)C)c1C(C)(C)C. The van der Waals surface area contributed by atoms with Crippen molar-refractivity contribution >= 4 is 26.3 Å². The minimum atomic E-state index is -4.56. The van der Waals surface area contributed by atoms with Gasteiger partial charge in [-0.25, -0.2) is 4.79 Å². The van der Waals surface area contributed by atoms with Crippen molar-refractivity contribution in [1.82, 2.24) is 0 Å². The van der Waals surface area contributed by atoms with Crippen molar-refractivity contribution < 1.29 is 27.1 Å². The smallest absolute Gasteiger partial charge is 0.429 e. The van der Waals surface area contributed by atoms with E-state index in [2.05, 4.69) is 4.74 Å². The predicted molar refractivity (Wildman–Crippen MR) is 78.9 cm³/mol. The number of methoxy groups -OCH3 is 1. The highest BCUT2D eigenvalue weighted by Gasteiger charge is 2.43. The van der Waals surface area contributed by atoms with Gasteiger partial charge in [-0.15, -0.1) is 11.3 Å². The van der Waals surface area contributed by atoms with Crippen LogP contribution >= 0.6 is 11.3 Å². The average Bonchev–Trinajstić information content (AvgIpc) is 2.65. The standard InChI is InChI=1S/C13H19F3O3SSi/c1-12(2,3)7-8(19-21(5)6)10(13(14,15)16)20-9(7)11(17)18-4/h21H,1-6H3. The number of ether oxygens (including phenoxy) is 1. The topological polar surface area (TPSA) is 35.5 Å². The van der Waals surface area contributed by atoms with Gasteiger partial charge in [-0.1, -0.05) is 20.8 Å². The molecular formula is C13H19F3O3SSi. The van der Waals surface area contributed by atoms with E-state index < -0.39 is 31.5 Å². The van der Waals surface area contributed by atoms with E-state index in [0.717, 1.165) is 7.11 Å². The van der Waals surface area contributed by atoms with Gasteiger partial charge in [-0.05, 0) is 18.5 Å². The summed E-state index contributed by atoms with van der Waals surface area (Å²) >= 11 is 0.392. The van der Waals surface area contributed by atoms with Crippen LogP contribution in [0.15, 0.2) is 0 Å². The lowest BCUT2D eigenvalue weighted by molar-refractivity contribution is -0.135. The number of carbonyl (C=O) groups excluding carboxylic acids is 1. The monoisotopic (exact) mass is 340 g/mol. The normalized spacial score (nSPS) is 12.7. The van der Waals surface area contributed by atoms with E-state index >= 15 is 0 Å². The molecule has 0 amide bonds. The Balaban J connectivity index is 3.68. The maximum Gasteiger partial charge on any atom is 0.429 e. The molecule has 0 fully saturated rings. The average molecular weight is 340 g/mol. The number of hydrogen-bond donors (Lipinski definition) is 0. The van der Waals surface area contributed by atoms with Crippen LogP contribution in [0.3, 0.4) is 0 Å². The van der Waals surface area contributed by atoms with Gasteiger partial charge in [-0.3, -0.25) is 0 Å².